The average Bonchev–Trinajstić information content (AvgIpc) is 2.90. The minimum atomic E-state index is -0.444. The molecule has 2 heterocycles. The van der Waals surface area contributed by atoms with Gasteiger partial charge in [-0.3, -0.25) is 19.5 Å². The lowest BCUT2D eigenvalue weighted by atomic mass is 10.00. The number of carbonyl (C=O) groups is 2. The Morgan fingerprint density at radius 3 is 2.16 bits per heavy atom. The average molecular weight is 514 g/mol. The minimum absolute atomic E-state index is 0.0339. The third kappa shape index (κ3) is 6.40. The molecule has 0 spiro atoms. The predicted octanol–water partition coefficient (Wildman–Crippen LogP) is 5.24. The SMILES string of the molecule is CC(C)N(C(=O)c1ccc(N(c2cccc(C(N)=O)c2)C2CCN(Cc3ccccn3)CC2)cc1)C(C)C. The van der Waals surface area contributed by atoms with Crippen LogP contribution in [0.15, 0.2) is 72.9 Å². The largest absolute Gasteiger partial charge is 0.366 e. The van der Waals surface area contributed by atoms with Gasteiger partial charge in [-0.05, 0) is 95.1 Å². The monoisotopic (exact) mass is 513 g/mol. The van der Waals surface area contributed by atoms with E-state index in [0.717, 1.165) is 49.5 Å². The summed E-state index contributed by atoms with van der Waals surface area (Å²) in [6, 6.07) is 21.9. The number of hydrogen-bond acceptors (Lipinski definition) is 5. The Morgan fingerprint density at radius 1 is 0.895 bits per heavy atom. The van der Waals surface area contributed by atoms with Crippen LogP contribution in [0.5, 0.6) is 0 Å². The molecule has 1 saturated heterocycles. The van der Waals surface area contributed by atoms with Crippen LogP contribution in [0.1, 0.15) is 66.9 Å². The first-order valence-corrected chi connectivity index (χ1v) is 13.5. The molecular formula is C31H39N5O2. The fourth-order valence-corrected chi connectivity index (χ4v) is 5.42. The summed E-state index contributed by atoms with van der Waals surface area (Å²) in [5.74, 6) is -0.410. The number of amides is 2. The zero-order valence-corrected chi connectivity index (χ0v) is 22.9. The van der Waals surface area contributed by atoms with Crippen molar-refractivity contribution in [3.05, 3.63) is 89.7 Å². The van der Waals surface area contributed by atoms with E-state index in [1.807, 2.05) is 93.4 Å². The van der Waals surface area contributed by atoms with Gasteiger partial charge < -0.3 is 15.5 Å². The van der Waals surface area contributed by atoms with Crippen molar-refractivity contribution in [3.8, 4) is 0 Å². The second kappa shape index (κ2) is 12.2. The van der Waals surface area contributed by atoms with Gasteiger partial charge >= 0.3 is 0 Å². The second-order valence-electron chi connectivity index (χ2n) is 10.6. The highest BCUT2D eigenvalue weighted by atomic mass is 16.2. The Kier molecular flexibility index (Phi) is 8.79. The van der Waals surface area contributed by atoms with E-state index >= 15 is 0 Å². The number of primary amides is 1. The van der Waals surface area contributed by atoms with Gasteiger partial charge in [-0.15, -0.1) is 0 Å². The zero-order valence-electron chi connectivity index (χ0n) is 22.9. The molecule has 38 heavy (non-hydrogen) atoms. The summed E-state index contributed by atoms with van der Waals surface area (Å²) >= 11 is 0. The number of anilines is 2. The number of rotatable bonds is 9. The minimum Gasteiger partial charge on any atom is -0.366 e. The van der Waals surface area contributed by atoms with Gasteiger partial charge in [0, 0.05) is 66.5 Å². The maximum Gasteiger partial charge on any atom is 0.254 e. The van der Waals surface area contributed by atoms with Crippen LogP contribution >= 0.6 is 0 Å². The molecule has 0 saturated carbocycles. The highest BCUT2D eigenvalue weighted by Gasteiger charge is 2.28. The number of nitrogens with two attached hydrogens (primary N) is 1. The summed E-state index contributed by atoms with van der Waals surface area (Å²) in [4.78, 5) is 36.3. The molecule has 0 atom stereocenters. The molecular weight excluding hydrogens is 474 g/mol. The van der Waals surface area contributed by atoms with E-state index in [2.05, 4.69) is 20.9 Å². The quantitative estimate of drug-likeness (QED) is 0.423. The molecule has 200 valence electrons. The van der Waals surface area contributed by atoms with Crippen molar-refractivity contribution in [2.75, 3.05) is 18.0 Å². The van der Waals surface area contributed by atoms with Crippen LogP contribution in [0, 0.1) is 0 Å². The first-order valence-electron chi connectivity index (χ1n) is 13.5. The molecule has 7 nitrogen and oxygen atoms in total. The molecule has 3 aromatic rings. The van der Waals surface area contributed by atoms with Crippen molar-refractivity contribution in [2.24, 2.45) is 5.73 Å². The van der Waals surface area contributed by atoms with E-state index in [0.29, 0.717) is 11.1 Å². The fourth-order valence-electron chi connectivity index (χ4n) is 5.42. The molecule has 4 rings (SSSR count). The molecule has 1 aliphatic heterocycles. The molecule has 2 aromatic carbocycles. The fraction of sp³-hybridized carbons (Fsp3) is 0.387. The number of benzene rings is 2. The number of pyridine rings is 1. The highest BCUT2D eigenvalue weighted by molar-refractivity contribution is 5.95. The van der Waals surface area contributed by atoms with Crippen molar-refractivity contribution in [2.45, 2.75) is 65.2 Å². The van der Waals surface area contributed by atoms with Gasteiger partial charge in [0.15, 0.2) is 0 Å². The van der Waals surface area contributed by atoms with Crippen molar-refractivity contribution in [1.82, 2.24) is 14.8 Å². The van der Waals surface area contributed by atoms with Crippen LogP contribution in [0.3, 0.4) is 0 Å². The van der Waals surface area contributed by atoms with E-state index < -0.39 is 5.91 Å². The van der Waals surface area contributed by atoms with E-state index in [-0.39, 0.29) is 24.0 Å². The van der Waals surface area contributed by atoms with Crippen LogP contribution in [0.2, 0.25) is 0 Å². The zero-order chi connectivity index (χ0) is 27.2. The normalized spacial score (nSPS) is 14.6. The predicted molar refractivity (Wildman–Crippen MR) is 153 cm³/mol. The second-order valence-corrected chi connectivity index (χ2v) is 10.6. The molecule has 0 unspecified atom stereocenters. The Bertz CT molecular complexity index is 1210. The standard InChI is InChI=1S/C31H39N5O2/c1-22(2)35(23(3)4)31(38)24-11-13-27(14-12-24)36(29-10-7-8-25(20-29)30(32)37)28-15-18-34(19-16-28)21-26-9-5-6-17-33-26/h5-14,17,20,22-23,28H,15-16,18-19,21H2,1-4H3,(H2,32,37). The van der Waals surface area contributed by atoms with Crippen LogP contribution in [0.25, 0.3) is 0 Å². The molecule has 1 fully saturated rings. The lowest BCUT2D eigenvalue weighted by Gasteiger charge is -2.40. The summed E-state index contributed by atoms with van der Waals surface area (Å²) in [5.41, 5.74) is 9.76. The van der Waals surface area contributed by atoms with Crippen molar-refractivity contribution >= 4 is 23.2 Å². The topological polar surface area (TPSA) is 82.8 Å². The molecule has 2 N–H and O–H groups in total. The van der Waals surface area contributed by atoms with Crippen LogP contribution in [-0.2, 0) is 6.54 Å². The van der Waals surface area contributed by atoms with Gasteiger partial charge in [0.2, 0.25) is 5.91 Å². The number of carbonyl (C=O) groups excluding carboxylic acids is 2. The molecule has 1 aliphatic rings. The third-order valence-electron chi connectivity index (χ3n) is 7.18. The lowest BCUT2D eigenvalue weighted by molar-refractivity contribution is 0.0643. The summed E-state index contributed by atoms with van der Waals surface area (Å²) in [6.07, 6.45) is 3.76. The number of likely N-dealkylation sites (tertiary alicyclic amines) is 1. The van der Waals surface area contributed by atoms with Crippen molar-refractivity contribution < 1.29 is 9.59 Å². The van der Waals surface area contributed by atoms with Gasteiger partial charge in [-0.25, -0.2) is 0 Å². The summed E-state index contributed by atoms with van der Waals surface area (Å²) in [6.45, 7) is 10.9. The van der Waals surface area contributed by atoms with Gasteiger partial charge in [0.1, 0.15) is 0 Å². The van der Waals surface area contributed by atoms with Crippen molar-refractivity contribution in [1.29, 1.82) is 0 Å². The first kappa shape index (κ1) is 27.3. The summed E-state index contributed by atoms with van der Waals surface area (Å²) < 4.78 is 0. The molecule has 1 aromatic heterocycles. The van der Waals surface area contributed by atoms with Gasteiger partial charge in [0.05, 0.1) is 5.69 Å². The molecule has 7 heteroatoms. The Balaban J connectivity index is 1.59. The molecule has 0 aliphatic carbocycles. The van der Waals surface area contributed by atoms with Crippen molar-refractivity contribution in [3.63, 3.8) is 0 Å². The summed E-state index contributed by atoms with van der Waals surface area (Å²) in [7, 11) is 0. The number of nitrogens with zero attached hydrogens (tertiary/aromatic N) is 4. The van der Waals surface area contributed by atoms with E-state index in [1.165, 1.54) is 0 Å². The van der Waals surface area contributed by atoms with Gasteiger partial charge in [-0.1, -0.05) is 12.1 Å². The number of piperidine rings is 1. The third-order valence-corrected chi connectivity index (χ3v) is 7.18. The lowest BCUT2D eigenvalue weighted by Crippen LogP contribution is -2.43. The Hall–Kier alpha value is -3.71. The summed E-state index contributed by atoms with van der Waals surface area (Å²) in [5, 5.41) is 0. The molecule has 2 amide bonds. The van der Waals surface area contributed by atoms with E-state index in [1.54, 1.807) is 6.07 Å². The maximum absolute atomic E-state index is 13.2. The van der Waals surface area contributed by atoms with Crippen LogP contribution < -0.4 is 10.6 Å². The van der Waals surface area contributed by atoms with Crippen LogP contribution in [-0.4, -0.2) is 57.8 Å². The smallest absolute Gasteiger partial charge is 0.254 e. The number of aromatic nitrogens is 1. The van der Waals surface area contributed by atoms with Gasteiger partial charge in [-0.2, -0.15) is 0 Å². The molecule has 0 radical (unpaired) electrons. The van der Waals surface area contributed by atoms with Gasteiger partial charge in [0.25, 0.3) is 5.91 Å². The van der Waals surface area contributed by atoms with E-state index in [4.69, 9.17) is 5.73 Å². The first-order chi connectivity index (χ1) is 18.2. The van der Waals surface area contributed by atoms with E-state index in [9.17, 15) is 9.59 Å². The Labute approximate surface area is 226 Å². The highest BCUT2D eigenvalue weighted by Crippen LogP contribution is 2.33. The molecule has 0 bridgehead atoms. The van der Waals surface area contributed by atoms with Crippen LogP contribution in [0.4, 0.5) is 11.4 Å². The Morgan fingerprint density at radius 2 is 1.58 bits per heavy atom. The maximum atomic E-state index is 13.2. The number of hydrogen-bond donors (Lipinski definition) is 1.